The van der Waals surface area contributed by atoms with Gasteiger partial charge >= 0.3 is 0 Å². The number of Topliss-reactive ketones (excluding diaryl/α,β-unsaturated/α-hetero) is 1. The maximum atomic E-state index is 12.1. The smallest absolute Gasteiger partial charge is 0.223 e. The highest BCUT2D eigenvalue weighted by atomic mass is 32.2. The van der Waals surface area contributed by atoms with Gasteiger partial charge in [-0.25, -0.2) is 0 Å². The van der Waals surface area contributed by atoms with Crippen molar-refractivity contribution in [2.75, 3.05) is 12.5 Å². The number of aliphatic hydroxyl groups is 1. The first-order chi connectivity index (χ1) is 8.15. The molecule has 1 N–H and O–H groups in total. The van der Waals surface area contributed by atoms with Crippen molar-refractivity contribution in [3.63, 3.8) is 0 Å². The molecule has 1 atom stereocenters. The third-order valence-electron chi connectivity index (χ3n) is 3.05. The van der Waals surface area contributed by atoms with Crippen molar-refractivity contribution in [1.29, 1.82) is 0 Å². The van der Waals surface area contributed by atoms with Gasteiger partial charge in [-0.05, 0) is 24.2 Å². The molecule has 2 nitrogen and oxygen atoms in total. The lowest BCUT2D eigenvalue weighted by Crippen LogP contribution is -2.33. The minimum Gasteiger partial charge on any atom is -0.505 e. The molecule has 0 saturated heterocycles. The zero-order chi connectivity index (χ0) is 12.5. The molecule has 0 fully saturated rings. The van der Waals surface area contributed by atoms with Crippen molar-refractivity contribution in [2.24, 2.45) is 0 Å². The highest BCUT2D eigenvalue weighted by molar-refractivity contribution is 8.18. The standard InChI is InChI=1S/C13H14O2S2/c1-16-13(17-2)10(8-11(14)12(13)15)9-6-4-3-5-7-9/h3-8,10,14H,1-2H3. The Hall–Kier alpha value is -0.870. The molecule has 2 rings (SSSR count). The number of carbonyl (C=O) groups is 1. The van der Waals surface area contributed by atoms with Crippen LogP contribution in [-0.4, -0.2) is 27.5 Å². The molecule has 0 aromatic heterocycles. The Bertz CT molecular complexity index is 450. The fourth-order valence-electron chi connectivity index (χ4n) is 2.16. The van der Waals surface area contributed by atoms with Crippen LogP contribution in [0.4, 0.5) is 0 Å². The summed E-state index contributed by atoms with van der Waals surface area (Å²) in [6, 6.07) is 9.84. The predicted molar refractivity (Wildman–Crippen MR) is 74.7 cm³/mol. The lowest BCUT2D eigenvalue weighted by molar-refractivity contribution is -0.117. The molecule has 17 heavy (non-hydrogen) atoms. The van der Waals surface area contributed by atoms with Gasteiger partial charge in [0, 0.05) is 5.92 Å². The van der Waals surface area contributed by atoms with Crippen molar-refractivity contribution < 1.29 is 9.90 Å². The van der Waals surface area contributed by atoms with Gasteiger partial charge < -0.3 is 5.11 Å². The zero-order valence-electron chi connectivity index (χ0n) is 9.71. The summed E-state index contributed by atoms with van der Waals surface area (Å²) in [4.78, 5) is 12.1. The van der Waals surface area contributed by atoms with Crippen LogP contribution in [0.3, 0.4) is 0 Å². The molecule has 4 heteroatoms. The van der Waals surface area contributed by atoms with Gasteiger partial charge in [-0.1, -0.05) is 30.3 Å². The maximum Gasteiger partial charge on any atom is 0.223 e. The summed E-state index contributed by atoms with van der Waals surface area (Å²) < 4.78 is -0.620. The molecule has 1 unspecified atom stereocenters. The Morgan fingerprint density at radius 3 is 2.29 bits per heavy atom. The summed E-state index contributed by atoms with van der Waals surface area (Å²) in [6.07, 6.45) is 5.50. The van der Waals surface area contributed by atoms with Crippen LogP contribution in [0.25, 0.3) is 0 Å². The van der Waals surface area contributed by atoms with E-state index < -0.39 is 4.08 Å². The summed E-state index contributed by atoms with van der Waals surface area (Å²) in [5, 5.41) is 9.71. The molecule has 0 saturated carbocycles. The molecule has 0 amide bonds. The molecule has 1 aliphatic carbocycles. The first-order valence-corrected chi connectivity index (χ1v) is 7.71. The molecular formula is C13H14O2S2. The third-order valence-corrected chi connectivity index (χ3v) is 6.14. The SMILES string of the molecule is CSC1(SC)C(=O)C(O)=CC1c1ccccc1. The number of hydrogen-bond acceptors (Lipinski definition) is 4. The normalized spacial score (nSPS) is 22.6. The van der Waals surface area contributed by atoms with Crippen LogP contribution >= 0.6 is 23.5 Å². The van der Waals surface area contributed by atoms with Crippen LogP contribution < -0.4 is 0 Å². The van der Waals surface area contributed by atoms with Gasteiger partial charge in [0.1, 0.15) is 4.08 Å². The molecule has 0 aliphatic heterocycles. The summed E-state index contributed by atoms with van der Waals surface area (Å²) >= 11 is 2.99. The number of carbonyl (C=O) groups excluding carboxylic acids is 1. The van der Waals surface area contributed by atoms with Crippen molar-refractivity contribution >= 4 is 29.3 Å². The van der Waals surface area contributed by atoms with E-state index in [-0.39, 0.29) is 17.5 Å². The second kappa shape index (κ2) is 4.78. The van der Waals surface area contributed by atoms with E-state index in [4.69, 9.17) is 0 Å². The maximum absolute atomic E-state index is 12.1. The largest absolute Gasteiger partial charge is 0.505 e. The van der Waals surface area contributed by atoms with E-state index in [1.807, 2.05) is 42.8 Å². The first kappa shape index (κ1) is 12.6. The Kier molecular flexibility index (Phi) is 3.54. The van der Waals surface area contributed by atoms with Gasteiger partial charge in [0.2, 0.25) is 5.78 Å². The molecule has 0 heterocycles. The quantitative estimate of drug-likeness (QED) is 0.852. The summed E-state index contributed by atoms with van der Waals surface area (Å²) in [5.74, 6) is -0.352. The predicted octanol–water partition coefficient (Wildman–Crippen LogP) is 3.22. The number of ketones is 1. The zero-order valence-corrected chi connectivity index (χ0v) is 11.3. The van der Waals surface area contributed by atoms with E-state index in [0.29, 0.717) is 0 Å². The molecule has 90 valence electrons. The topological polar surface area (TPSA) is 37.3 Å². The van der Waals surface area contributed by atoms with E-state index in [0.717, 1.165) is 5.56 Å². The van der Waals surface area contributed by atoms with Gasteiger partial charge in [0.25, 0.3) is 0 Å². The Morgan fingerprint density at radius 2 is 1.76 bits per heavy atom. The number of allylic oxidation sites excluding steroid dienone is 2. The second-order valence-corrected chi connectivity index (χ2v) is 6.21. The van der Waals surface area contributed by atoms with Crippen LogP contribution in [0.15, 0.2) is 42.2 Å². The number of hydrogen-bond donors (Lipinski definition) is 1. The van der Waals surface area contributed by atoms with Crippen LogP contribution in [0.1, 0.15) is 11.5 Å². The highest BCUT2D eigenvalue weighted by Gasteiger charge is 2.50. The van der Waals surface area contributed by atoms with Gasteiger partial charge in [-0.15, -0.1) is 23.5 Å². The summed E-state index contributed by atoms with van der Waals surface area (Å²) in [7, 11) is 0. The molecule has 0 bridgehead atoms. The third kappa shape index (κ3) is 1.89. The molecule has 1 aromatic carbocycles. The van der Waals surface area contributed by atoms with E-state index in [2.05, 4.69) is 0 Å². The van der Waals surface area contributed by atoms with E-state index >= 15 is 0 Å². The minimum atomic E-state index is -0.620. The average Bonchev–Trinajstić information content (AvgIpc) is 2.64. The van der Waals surface area contributed by atoms with E-state index in [1.165, 1.54) is 23.5 Å². The Morgan fingerprint density at radius 1 is 1.18 bits per heavy atom. The van der Waals surface area contributed by atoms with Gasteiger partial charge in [-0.2, -0.15) is 0 Å². The van der Waals surface area contributed by atoms with Crippen LogP contribution in [0.2, 0.25) is 0 Å². The monoisotopic (exact) mass is 266 g/mol. The summed E-state index contributed by atoms with van der Waals surface area (Å²) in [5.41, 5.74) is 1.06. The van der Waals surface area contributed by atoms with Crippen LogP contribution in [-0.2, 0) is 4.79 Å². The summed E-state index contributed by atoms with van der Waals surface area (Å²) in [6.45, 7) is 0. The Balaban J connectivity index is 2.49. The number of thioether (sulfide) groups is 2. The fourth-order valence-corrected chi connectivity index (χ4v) is 4.32. The molecule has 0 radical (unpaired) electrons. The lowest BCUT2D eigenvalue weighted by Gasteiger charge is -2.30. The molecule has 1 aliphatic rings. The number of benzene rings is 1. The van der Waals surface area contributed by atoms with E-state index in [9.17, 15) is 9.90 Å². The van der Waals surface area contributed by atoms with Gasteiger partial charge in [0.15, 0.2) is 5.76 Å². The van der Waals surface area contributed by atoms with Crippen LogP contribution in [0.5, 0.6) is 0 Å². The van der Waals surface area contributed by atoms with Crippen LogP contribution in [0, 0.1) is 0 Å². The van der Waals surface area contributed by atoms with Gasteiger partial charge in [0.05, 0.1) is 0 Å². The van der Waals surface area contributed by atoms with E-state index in [1.54, 1.807) is 6.08 Å². The lowest BCUT2D eigenvalue weighted by atomic mass is 9.98. The number of rotatable bonds is 3. The number of aliphatic hydroxyl groups excluding tert-OH is 1. The van der Waals surface area contributed by atoms with Crippen molar-refractivity contribution in [3.05, 3.63) is 47.7 Å². The fraction of sp³-hybridized carbons (Fsp3) is 0.308. The molecule has 1 aromatic rings. The second-order valence-electron chi connectivity index (χ2n) is 3.85. The first-order valence-electron chi connectivity index (χ1n) is 5.26. The Labute approximate surface area is 109 Å². The highest BCUT2D eigenvalue weighted by Crippen LogP contribution is 2.52. The van der Waals surface area contributed by atoms with Gasteiger partial charge in [-0.3, -0.25) is 4.79 Å². The van der Waals surface area contributed by atoms with Crippen molar-refractivity contribution in [1.82, 2.24) is 0 Å². The minimum absolute atomic E-state index is 0.0683. The van der Waals surface area contributed by atoms with Crippen molar-refractivity contribution in [3.8, 4) is 0 Å². The average molecular weight is 266 g/mol. The molecule has 0 spiro atoms. The molecular weight excluding hydrogens is 252 g/mol. The van der Waals surface area contributed by atoms with Crippen molar-refractivity contribution in [2.45, 2.75) is 10.00 Å².